The second-order valence-corrected chi connectivity index (χ2v) is 7.47. The standard InChI is InChI=1S/C21H35N5O2.HI/c1-4-28-15-13-21(11-5-6-12-21)16-24-20(22-3)23-14-10-19(27)26-18-9-7-8-17(2)25-18;/h7-9H,4-6,10-16H2,1-3H3,(H2,22,23,24)(H,25,26,27);1H. The van der Waals surface area contributed by atoms with Crippen molar-refractivity contribution in [3.63, 3.8) is 0 Å². The predicted octanol–water partition coefficient (Wildman–Crippen LogP) is 3.49. The van der Waals surface area contributed by atoms with Crippen molar-refractivity contribution in [2.45, 2.75) is 52.4 Å². The maximum Gasteiger partial charge on any atom is 0.227 e. The number of aliphatic imine (C=N–C) groups is 1. The fourth-order valence-electron chi connectivity index (χ4n) is 3.68. The fourth-order valence-corrected chi connectivity index (χ4v) is 3.68. The van der Waals surface area contributed by atoms with E-state index in [1.165, 1.54) is 25.7 Å². The number of amides is 1. The van der Waals surface area contributed by atoms with Crippen LogP contribution in [0.15, 0.2) is 23.2 Å². The summed E-state index contributed by atoms with van der Waals surface area (Å²) in [5.74, 6) is 1.26. The molecule has 1 aromatic heterocycles. The third kappa shape index (κ3) is 9.29. The molecular formula is C21H36IN5O2. The molecular weight excluding hydrogens is 481 g/mol. The summed E-state index contributed by atoms with van der Waals surface area (Å²) in [5, 5.41) is 9.50. The molecule has 164 valence electrons. The first-order valence-corrected chi connectivity index (χ1v) is 10.3. The molecule has 0 atom stereocenters. The molecule has 1 aliphatic rings. The van der Waals surface area contributed by atoms with E-state index >= 15 is 0 Å². The van der Waals surface area contributed by atoms with Gasteiger partial charge in [-0.25, -0.2) is 4.98 Å². The molecule has 0 radical (unpaired) electrons. The number of nitrogens with zero attached hydrogens (tertiary/aromatic N) is 2. The van der Waals surface area contributed by atoms with Gasteiger partial charge in [0.25, 0.3) is 0 Å². The smallest absolute Gasteiger partial charge is 0.227 e. The molecule has 0 bridgehead atoms. The molecule has 1 amide bonds. The Morgan fingerprint density at radius 2 is 2.03 bits per heavy atom. The number of carbonyl (C=O) groups is 1. The Bertz CT molecular complexity index is 648. The van der Waals surface area contributed by atoms with Crippen LogP contribution in [0.5, 0.6) is 0 Å². The van der Waals surface area contributed by atoms with Gasteiger partial charge in [0.2, 0.25) is 5.91 Å². The summed E-state index contributed by atoms with van der Waals surface area (Å²) in [6, 6.07) is 5.58. The number of ether oxygens (including phenoxy) is 1. The van der Waals surface area contributed by atoms with E-state index in [4.69, 9.17) is 4.74 Å². The lowest BCUT2D eigenvalue weighted by Gasteiger charge is -2.30. The third-order valence-corrected chi connectivity index (χ3v) is 5.30. The maximum atomic E-state index is 12.1. The lowest BCUT2D eigenvalue weighted by Crippen LogP contribution is -2.44. The number of halogens is 1. The zero-order valence-corrected chi connectivity index (χ0v) is 20.3. The van der Waals surface area contributed by atoms with Crippen LogP contribution in [0.3, 0.4) is 0 Å². The highest BCUT2D eigenvalue weighted by atomic mass is 127. The monoisotopic (exact) mass is 517 g/mol. The molecule has 3 N–H and O–H groups in total. The summed E-state index contributed by atoms with van der Waals surface area (Å²) in [5.41, 5.74) is 1.17. The SMILES string of the molecule is CCOCCC1(CNC(=NC)NCCC(=O)Nc2cccc(C)n2)CCCC1.I. The number of rotatable bonds is 10. The molecule has 1 heterocycles. The summed E-state index contributed by atoms with van der Waals surface area (Å²) in [6.07, 6.45) is 6.47. The van der Waals surface area contributed by atoms with Crippen LogP contribution in [0.1, 0.15) is 51.1 Å². The summed E-state index contributed by atoms with van der Waals surface area (Å²) in [6.45, 7) is 6.93. The molecule has 0 aromatic carbocycles. The molecule has 2 rings (SSSR count). The van der Waals surface area contributed by atoms with Crippen molar-refractivity contribution in [1.82, 2.24) is 15.6 Å². The highest BCUT2D eigenvalue weighted by Gasteiger charge is 2.33. The Morgan fingerprint density at radius 3 is 2.69 bits per heavy atom. The van der Waals surface area contributed by atoms with Crippen LogP contribution in [0.2, 0.25) is 0 Å². The number of nitrogens with one attached hydrogen (secondary N) is 3. The van der Waals surface area contributed by atoms with Gasteiger partial charge in [-0.15, -0.1) is 24.0 Å². The minimum Gasteiger partial charge on any atom is -0.382 e. The number of hydrogen-bond acceptors (Lipinski definition) is 4. The quantitative estimate of drug-likeness (QED) is 0.192. The average Bonchev–Trinajstić information content (AvgIpc) is 3.14. The van der Waals surface area contributed by atoms with Crippen molar-refractivity contribution < 1.29 is 9.53 Å². The van der Waals surface area contributed by atoms with Gasteiger partial charge in [0, 0.05) is 45.5 Å². The Hall–Kier alpha value is -1.42. The molecule has 0 aliphatic heterocycles. The first kappa shape index (κ1) is 25.6. The van der Waals surface area contributed by atoms with Gasteiger partial charge in [0.1, 0.15) is 5.82 Å². The lowest BCUT2D eigenvalue weighted by atomic mass is 9.83. The van der Waals surface area contributed by atoms with E-state index in [1.54, 1.807) is 13.1 Å². The molecule has 1 fully saturated rings. The van der Waals surface area contributed by atoms with Crippen molar-refractivity contribution in [2.75, 3.05) is 38.7 Å². The third-order valence-electron chi connectivity index (χ3n) is 5.30. The van der Waals surface area contributed by atoms with Crippen LogP contribution in [0, 0.1) is 12.3 Å². The fraction of sp³-hybridized carbons (Fsp3) is 0.667. The lowest BCUT2D eigenvalue weighted by molar-refractivity contribution is -0.116. The normalized spacial score (nSPS) is 15.5. The van der Waals surface area contributed by atoms with Gasteiger partial charge >= 0.3 is 0 Å². The molecule has 7 nitrogen and oxygen atoms in total. The Morgan fingerprint density at radius 1 is 1.28 bits per heavy atom. The van der Waals surface area contributed by atoms with E-state index in [-0.39, 0.29) is 29.9 Å². The maximum absolute atomic E-state index is 12.1. The predicted molar refractivity (Wildman–Crippen MR) is 129 cm³/mol. The molecule has 0 saturated heterocycles. The van der Waals surface area contributed by atoms with Crippen molar-refractivity contribution in [3.8, 4) is 0 Å². The topological polar surface area (TPSA) is 87.6 Å². The number of hydrogen-bond donors (Lipinski definition) is 3. The van der Waals surface area contributed by atoms with Gasteiger partial charge in [-0.05, 0) is 50.7 Å². The van der Waals surface area contributed by atoms with Gasteiger partial charge < -0.3 is 20.7 Å². The van der Waals surface area contributed by atoms with Crippen molar-refractivity contribution in [3.05, 3.63) is 23.9 Å². The molecule has 1 aliphatic carbocycles. The largest absolute Gasteiger partial charge is 0.382 e. The molecule has 29 heavy (non-hydrogen) atoms. The van der Waals surface area contributed by atoms with E-state index in [0.717, 1.165) is 37.8 Å². The second-order valence-electron chi connectivity index (χ2n) is 7.47. The van der Waals surface area contributed by atoms with Crippen LogP contribution in [0.25, 0.3) is 0 Å². The Labute approximate surface area is 191 Å². The number of aryl methyl sites for hydroxylation is 1. The van der Waals surface area contributed by atoms with Gasteiger partial charge in [-0.2, -0.15) is 0 Å². The van der Waals surface area contributed by atoms with Crippen molar-refractivity contribution >= 4 is 41.7 Å². The van der Waals surface area contributed by atoms with E-state index in [1.807, 2.05) is 26.0 Å². The minimum absolute atomic E-state index is 0. The van der Waals surface area contributed by atoms with Gasteiger partial charge in [-0.1, -0.05) is 18.9 Å². The number of pyridine rings is 1. The Balaban J connectivity index is 0.00000420. The second kappa shape index (κ2) is 13.7. The highest BCUT2D eigenvalue weighted by molar-refractivity contribution is 14.0. The number of aromatic nitrogens is 1. The van der Waals surface area contributed by atoms with Crippen LogP contribution < -0.4 is 16.0 Å². The molecule has 1 saturated carbocycles. The van der Waals surface area contributed by atoms with Crippen LogP contribution in [-0.4, -0.2) is 50.2 Å². The van der Waals surface area contributed by atoms with E-state index in [9.17, 15) is 4.79 Å². The van der Waals surface area contributed by atoms with E-state index in [0.29, 0.717) is 24.2 Å². The first-order valence-electron chi connectivity index (χ1n) is 10.3. The summed E-state index contributed by atoms with van der Waals surface area (Å²) < 4.78 is 5.58. The first-order chi connectivity index (χ1) is 13.6. The molecule has 0 spiro atoms. The minimum atomic E-state index is -0.0648. The summed E-state index contributed by atoms with van der Waals surface area (Å²) in [7, 11) is 1.76. The van der Waals surface area contributed by atoms with Crippen LogP contribution >= 0.6 is 24.0 Å². The molecule has 8 heteroatoms. The van der Waals surface area contributed by atoms with Gasteiger partial charge in [0.05, 0.1) is 0 Å². The zero-order chi connectivity index (χ0) is 20.2. The number of carbonyl (C=O) groups excluding carboxylic acids is 1. The van der Waals surface area contributed by atoms with E-state index < -0.39 is 0 Å². The number of anilines is 1. The van der Waals surface area contributed by atoms with Gasteiger partial charge in [0.15, 0.2) is 5.96 Å². The zero-order valence-electron chi connectivity index (χ0n) is 17.9. The summed E-state index contributed by atoms with van der Waals surface area (Å²) >= 11 is 0. The van der Waals surface area contributed by atoms with E-state index in [2.05, 4.69) is 25.9 Å². The van der Waals surface area contributed by atoms with Crippen molar-refractivity contribution in [1.29, 1.82) is 0 Å². The van der Waals surface area contributed by atoms with Gasteiger partial charge in [-0.3, -0.25) is 9.79 Å². The molecule has 0 unspecified atom stereocenters. The number of guanidine groups is 1. The van der Waals surface area contributed by atoms with Crippen LogP contribution in [-0.2, 0) is 9.53 Å². The highest BCUT2D eigenvalue weighted by Crippen LogP contribution is 2.40. The molecule has 1 aromatic rings. The average molecular weight is 517 g/mol. The van der Waals surface area contributed by atoms with Crippen LogP contribution in [0.4, 0.5) is 5.82 Å². The summed E-state index contributed by atoms with van der Waals surface area (Å²) in [4.78, 5) is 20.7. The Kier molecular flexibility index (Phi) is 12.1. The van der Waals surface area contributed by atoms with Crippen molar-refractivity contribution in [2.24, 2.45) is 10.4 Å².